The van der Waals surface area contributed by atoms with Gasteiger partial charge in [0.05, 0.1) is 25.0 Å². The van der Waals surface area contributed by atoms with Crippen molar-refractivity contribution in [1.82, 2.24) is 4.90 Å². The number of fused-ring (bicyclic) bond motifs is 1. The normalized spacial score (nSPS) is 27.4. The SMILES string of the molecule is O=C1C2CC=CC(OCc3ccc(CO)cc3)=C2CN1C1CCC(=O)[NH+]([O-])C1. The number of aliphatic hydroxyl groups excluding tert-OH is 1. The van der Waals surface area contributed by atoms with Crippen molar-refractivity contribution in [2.45, 2.75) is 38.5 Å². The quantitative estimate of drug-likeness (QED) is 0.719. The number of nitrogens with zero attached hydrogens (tertiary/aromatic N) is 1. The molecular weight excluding hydrogens is 360 g/mol. The number of benzene rings is 1. The lowest BCUT2D eigenvalue weighted by molar-refractivity contribution is -0.772. The second kappa shape index (κ2) is 7.87. The Morgan fingerprint density at radius 3 is 2.68 bits per heavy atom. The van der Waals surface area contributed by atoms with E-state index in [1.165, 1.54) is 0 Å². The van der Waals surface area contributed by atoms with Gasteiger partial charge >= 0.3 is 5.91 Å². The van der Waals surface area contributed by atoms with Crippen molar-refractivity contribution in [3.63, 3.8) is 0 Å². The molecule has 148 valence electrons. The third kappa shape index (κ3) is 3.61. The third-order valence-electron chi connectivity index (χ3n) is 5.78. The Kier molecular flexibility index (Phi) is 5.30. The van der Waals surface area contributed by atoms with Crippen molar-refractivity contribution in [1.29, 1.82) is 0 Å². The standard InChI is InChI=1S/C21H24N2O5/c24-12-14-4-6-15(7-5-14)13-28-19-3-1-2-17-18(19)11-22(21(17)26)16-8-9-20(25)23(27)10-16/h1,3-7,16-17,23-24H,2,8-13H2. The van der Waals surface area contributed by atoms with E-state index in [0.29, 0.717) is 26.0 Å². The summed E-state index contributed by atoms with van der Waals surface area (Å²) >= 11 is 0. The van der Waals surface area contributed by atoms with Crippen LogP contribution >= 0.6 is 0 Å². The molecule has 28 heavy (non-hydrogen) atoms. The predicted molar refractivity (Wildman–Crippen MR) is 100 cm³/mol. The number of carbonyl (C=O) groups is 2. The summed E-state index contributed by atoms with van der Waals surface area (Å²) in [6.45, 7) is 0.977. The van der Waals surface area contributed by atoms with E-state index in [4.69, 9.17) is 9.84 Å². The molecule has 7 nitrogen and oxygen atoms in total. The van der Waals surface area contributed by atoms with Gasteiger partial charge in [-0.15, -0.1) is 0 Å². The van der Waals surface area contributed by atoms with Crippen molar-refractivity contribution in [3.05, 3.63) is 64.1 Å². The molecule has 0 radical (unpaired) electrons. The van der Waals surface area contributed by atoms with Gasteiger partial charge in [0.15, 0.2) is 0 Å². The van der Waals surface area contributed by atoms with E-state index >= 15 is 0 Å². The number of amides is 2. The summed E-state index contributed by atoms with van der Waals surface area (Å²) in [6.07, 6.45) is 5.29. The van der Waals surface area contributed by atoms with Crippen molar-refractivity contribution in [2.75, 3.05) is 13.1 Å². The van der Waals surface area contributed by atoms with Gasteiger partial charge in [0, 0.05) is 12.1 Å². The molecule has 0 spiro atoms. The van der Waals surface area contributed by atoms with Crippen LogP contribution in [0.15, 0.2) is 47.7 Å². The molecule has 7 heteroatoms. The Bertz CT molecular complexity index is 830. The zero-order chi connectivity index (χ0) is 19.7. The summed E-state index contributed by atoms with van der Waals surface area (Å²) in [6, 6.07) is 7.36. The molecule has 3 unspecified atom stereocenters. The Hall–Kier alpha value is -2.48. The molecular formula is C21H24N2O5. The number of hydroxylamine groups is 2. The first-order valence-corrected chi connectivity index (χ1v) is 9.64. The molecule has 1 aliphatic carbocycles. The minimum atomic E-state index is -0.367. The van der Waals surface area contributed by atoms with Gasteiger partial charge in [0.1, 0.15) is 18.9 Å². The Morgan fingerprint density at radius 2 is 1.96 bits per heavy atom. The Balaban J connectivity index is 1.47. The monoisotopic (exact) mass is 384 g/mol. The van der Waals surface area contributed by atoms with Crippen LogP contribution in [0, 0.1) is 11.1 Å². The summed E-state index contributed by atoms with van der Waals surface area (Å²) in [5.41, 5.74) is 2.79. The smallest absolute Gasteiger partial charge is 0.312 e. The molecule has 2 saturated heterocycles. The van der Waals surface area contributed by atoms with Gasteiger partial charge in [-0.2, -0.15) is 0 Å². The van der Waals surface area contributed by atoms with E-state index in [9.17, 15) is 14.8 Å². The minimum absolute atomic E-state index is 0.00800. The second-order valence-electron chi connectivity index (χ2n) is 7.55. The summed E-state index contributed by atoms with van der Waals surface area (Å²) < 4.78 is 6.01. The molecule has 2 aliphatic heterocycles. The fourth-order valence-corrected chi connectivity index (χ4v) is 4.12. The van der Waals surface area contributed by atoms with Crippen LogP contribution in [0.4, 0.5) is 0 Å². The Morgan fingerprint density at radius 1 is 1.21 bits per heavy atom. The van der Waals surface area contributed by atoms with Crippen LogP contribution in [0.25, 0.3) is 0 Å². The molecule has 3 aliphatic rings. The first kappa shape index (κ1) is 18.9. The van der Waals surface area contributed by atoms with Gasteiger partial charge in [-0.3, -0.25) is 4.79 Å². The van der Waals surface area contributed by atoms with Crippen LogP contribution < -0.4 is 5.06 Å². The summed E-state index contributed by atoms with van der Waals surface area (Å²) in [7, 11) is 0. The van der Waals surface area contributed by atoms with Crippen LogP contribution in [0.1, 0.15) is 30.4 Å². The summed E-state index contributed by atoms with van der Waals surface area (Å²) in [5, 5.41) is 20.6. The van der Waals surface area contributed by atoms with E-state index < -0.39 is 0 Å². The molecule has 2 heterocycles. The molecule has 3 atom stereocenters. The number of hydrogen-bond donors (Lipinski definition) is 2. The number of likely N-dealkylation sites (tertiary alicyclic amines) is 1. The average Bonchev–Trinajstić information content (AvgIpc) is 3.06. The molecule has 2 amide bonds. The molecule has 2 N–H and O–H groups in total. The molecule has 0 aromatic heterocycles. The number of allylic oxidation sites excluding steroid dienone is 2. The number of hydrogen-bond acceptors (Lipinski definition) is 5. The molecule has 0 saturated carbocycles. The van der Waals surface area contributed by atoms with Crippen LogP contribution in [0.2, 0.25) is 0 Å². The van der Waals surface area contributed by atoms with Crippen molar-refractivity contribution < 1.29 is 24.5 Å². The first-order chi connectivity index (χ1) is 13.6. The van der Waals surface area contributed by atoms with E-state index in [1.54, 1.807) is 4.90 Å². The lowest BCUT2D eigenvalue weighted by Gasteiger charge is -2.35. The largest absolute Gasteiger partial charge is 0.627 e. The number of rotatable bonds is 5. The lowest BCUT2D eigenvalue weighted by Crippen LogP contribution is -3.12. The molecule has 4 rings (SSSR count). The molecule has 1 aromatic carbocycles. The number of piperidine rings is 1. The highest BCUT2D eigenvalue weighted by atomic mass is 16.5. The van der Waals surface area contributed by atoms with Gasteiger partial charge in [0.2, 0.25) is 5.91 Å². The van der Waals surface area contributed by atoms with Crippen LogP contribution in [-0.2, 0) is 27.5 Å². The van der Waals surface area contributed by atoms with Crippen LogP contribution in [0.3, 0.4) is 0 Å². The second-order valence-corrected chi connectivity index (χ2v) is 7.55. The van der Waals surface area contributed by atoms with E-state index in [2.05, 4.69) is 0 Å². The van der Waals surface area contributed by atoms with Gasteiger partial charge in [0.25, 0.3) is 0 Å². The number of aliphatic hydroxyl groups is 1. The number of quaternary nitrogens is 1. The highest BCUT2D eigenvalue weighted by Gasteiger charge is 2.43. The summed E-state index contributed by atoms with van der Waals surface area (Å²) in [5.74, 6) is 0.193. The highest BCUT2D eigenvalue weighted by molar-refractivity contribution is 5.86. The van der Waals surface area contributed by atoms with Crippen LogP contribution in [0.5, 0.6) is 0 Å². The third-order valence-corrected chi connectivity index (χ3v) is 5.78. The van der Waals surface area contributed by atoms with Crippen molar-refractivity contribution in [3.8, 4) is 0 Å². The number of carbonyl (C=O) groups excluding carboxylic acids is 2. The molecule has 1 aromatic rings. The number of nitrogens with one attached hydrogen (secondary N) is 1. The number of ether oxygens (including phenoxy) is 1. The van der Waals surface area contributed by atoms with Gasteiger partial charge in [-0.1, -0.05) is 30.3 Å². The van der Waals surface area contributed by atoms with E-state index in [1.807, 2.05) is 36.4 Å². The zero-order valence-corrected chi connectivity index (χ0v) is 15.6. The van der Waals surface area contributed by atoms with E-state index in [0.717, 1.165) is 22.5 Å². The zero-order valence-electron chi connectivity index (χ0n) is 15.6. The fraction of sp³-hybridized carbons (Fsp3) is 0.429. The minimum Gasteiger partial charge on any atom is -0.627 e. The maximum absolute atomic E-state index is 12.9. The van der Waals surface area contributed by atoms with E-state index in [-0.39, 0.29) is 48.4 Å². The van der Waals surface area contributed by atoms with Gasteiger partial charge in [-0.05, 0) is 30.0 Å². The molecule has 2 fully saturated rings. The predicted octanol–water partition coefficient (Wildman–Crippen LogP) is 0.440. The Labute approximate surface area is 163 Å². The lowest BCUT2D eigenvalue weighted by atomic mass is 9.93. The van der Waals surface area contributed by atoms with Crippen LogP contribution in [-0.4, -0.2) is 41.0 Å². The summed E-state index contributed by atoms with van der Waals surface area (Å²) in [4.78, 5) is 26.2. The van der Waals surface area contributed by atoms with Gasteiger partial charge < -0.3 is 25.0 Å². The maximum Gasteiger partial charge on any atom is 0.312 e. The maximum atomic E-state index is 12.9. The van der Waals surface area contributed by atoms with Crippen molar-refractivity contribution >= 4 is 11.8 Å². The first-order valence-electron chi connectivity index (χ1n) is 9.64. The average molecular weight is 384 g/mol. The topological polar surface area (TPSA) is 94.3 Å². The fourth-order valence-electron chi connectivity index (χ4n) is 4.12. The molecule has 0 bridgehead atoms. The van der Waals surface area contributed by atoms with Gasteiger partial charge in [-0.25, -0.2) is 4.79 Å². The highest BCUT2D eigenvalue weighted by Crippen LogP contribution is 2.36. The van der Waals surface area contributed by atoms with Crippen molar-refractivity contribution in [2.24, 2.45) is 5.92 Å².